The number of aromatic nitrogens is 1. The van der Waals surface area contributed by atoms with Crippen LogP contribution in [-0.2, 0) is 13.2 Å². The zero-order chi connectivity index (χ0) is 23.5. The molecule has 5 heteroatoms. The Morgan fingerprint density at radius 1 is 0.882 bits per heavy atom. The van der Waals surface area contributed by atoms with Gasteiger partial charge >= 0.3 is 0 Å². The second-order valence-corrected chi connectivity index (χ2v) is 10.3. The van der Waals surface area contributed by atoms with E-state index in [0.29, 0.717) is 13.2 Å². The Labute approximate surface area is 212 Å². The Bertz CT molecular complexity index is 1440. The number of hydrogen-bond donors (Lipinski definition) is 1. The Morgan fingerprint density at radius 3 is 2.53 bits per heavy atom. The van der Waals surface area contributed by atoms with E-state index in [9.17, 15) is 0 Å². The zero-order valence-corrected chi connectivity index (χ0v) is 21.5. The first-order chi connectivity index (χ1) is 16.5. The van der Waals surface area contributed by atoms with Crippen LogP contribution in [0.1, 0.15) is 22.3 Å². The quantitative estimate of drug-likeness (QED) is 0.229. The first kappa shape index (κ1) is 22.6. The highest BCUT2D eigenvalue weighted by molar-refractivity contribution is 9.10. The van der Waals surface area contributed by atoms with Crippen LogP contribution in [0.15, 0.2) is 89.4 Å². The molecule has 1 heterocycles. The topological polar surface area (TPSA) is 34.2 Å². The minimum atomic E-state index is 0.553. The molecule has 0 unspecified atom stereocenters. The summed E-state index contributed by atoms with van der Waals surface area (Å²) < 4.78 is 8.46. The minimum absolute atomic E-state index is 0.553. The van der Waals surface area contributed by atoms with Crippen molar-refractivity contribution in [3.05, 3.63) is 112 Å². The van der Waals surface area contributed by atoms with Gasteiger partial charge in [-0.15, -0.1) is 11.3 Å². The van der Waals surface area contributed by atoms with Crippen LogP contribution in [0.4, 0.5) is 5.69 Å². The van der Waals surface area contributed by atoms with Crippen LogP contribution in [0.2, 0.25) is 0 Å². The van der Waals surface area contributed by atoms with Gasteiger partial charge < -0.3 is 10.1 Å². The second kappa shape index (κ2) is 10.00. The summed E-state index contributed by atoms with van der Waals surface area (Å²) in [5.41, 5.74) is 8.05. The lowest BCUT2D eigenvalue weighted by molar-refractivity contribution is 0.302. The van der Waals surface area contributed by atoms with Crippen molar-refractivity contribution in [1.29, 1.82) is 0 Å². The summed E-state index contributed by atoms with van der Waals surface area (Å²) >= 11 is 5.33. The van der Waals surface area contributed by atoms with Crippen molar-refractivity contribution in [2.24, 2.45) is 0 Å². The maximum Gasteiger partial charge on any atom is 0.124 e. The molecule has 0 saturated heterocycles. The number of aryl methyl sites for hydroxylation is 2. The normalized spacial score (nSPS) is 11.0. The number of halogens is 1. The van der Waals surface area contributed by atoms with Crippen molar-refractivity contribution in [2.75, 3.05) is 5.32 Å². The number of nitrogens with one attached hydrogen (secondary N) is 1. The van der Waals surface area contributed by atoms with Crippen LogP contribution in [0, 0.1) is 13.8 Å². The molecule has 0 aliphatic heterocycles. The SMILES string of the molecule is Cc1ccc2nc(-c3ccc(NCc4cc(Br)ccc4OCc4ccccc4C)cc3)sc2c1. The third kappa shape index (κ3) is 5.16. The summed E-state index contributed by atoms with van der Waals surface area (Å²) in [5.74, 6) is 0.889. The van der Waals surface area contributed by atoms with E-state index in [1.807, 2.05) is 12.1 Å². The number of fused-ring (bicyclic) bond motifs is 1. The molecule has 170 valence electrons. The van der Waals surface area contributed by atoms with E-state index in [2.05, 4.69) is 108 Å². The predicted octanol–water partition coefficient (Wildman–Crippen LogP) is 8.53. The van der Waals surface area contributed by atoms with Crippen LogP contribution in [-0.4, -0.2) is 4.98 Å². The highest BCUT2D eigenvalue weighted by atomic mass is 79.9. The number of hydrogen-bond acceptors (Lipinski definition) is 4. The third-order valence-corrected chi connectivity index (χ3v) is 7.39. The lowest BCUT2D eigenvalue weighted by Gasteiger charge is -2.14. The van der Waals surface area contributed by atoms with E-state index in [1.165, 1.54) is 21.4 Å². The van der Waals surface area contributed by atoms with Crippen molar-refractivity contribution >= 4 is 43.2 Å². The zero-order valence-electron chi connectivity index (χ0n) is 19.1. The lowest BCUT2D eigenvalue weighted by atomic mass is 10.1. The predicted molar refractivity (Wildman–Crippen MR) is 147 cm³/mol. The van der Waals surface area contributed by atoms with Gasteiger partial charge in [0.2, 0.25) is 0 Å². The molecule has 5 rings (SSSR count). The molecule has 0 spiro atoms. The fourth-order valence-corrected chi connectivity index (χ4v) is 5.32. The van der Waals surface area contributed by atoms with Crippen molar-refractivity contribution < 1.29 is 4.74 Å². The van der Waals surface area contributed by atoms with Crippen molar-refractivity contribution in [1.82, 2.24) is 4.98 Å². The number of benzene rings is 4. The van der Waals surface area contributed by atoms with E-state index in [4.69, 9.17) is 9.72 Å². The highest BCUT2D eigenvalue weighted by Gasteiger charge is 2.09. The van der Waals surface area contributed by atoms with Gasteiger partial charge in [0.15, 0.2) is 0 Å². The number of nitrogens with zero attached hydrogens (tertiary/aromatic N) is 1. The maximum absolute atomic E-state index is 6.19. The molecule has 0 aliphatic rings. The molecule has 5 aromatic rings. The van der Waals surface area contributed by atoms with Gasteiger partial charge in [-0.2, -0.15) is 0 Å². The van der Waals surface area contributed by atoms with Crippen LogP contribution >= 0.6 is 27.3 Å². The highest BCUT2D eigenvalue weighted by Crippen LogP contribution is 2.32. The fraction of sp³-hybridized carbons (Fsp3) is 0.138. The van der Waals surface area contributed by atoms with Gasteiger partial charge in [-0.3, -0.25) is 0 Å². The molecule has 1 aromatic heterocycles. The number of thiazole rings is 1. The van der Waals surface area contributed by atoms with E-state index >= 15 is 0 Å². The summed E-state index contributed by atoms with van der Waals surface area (Å²) in [4.78, 5) is 4.80. The Morgan fingerprint density at radius 2 is 1.71 bits per heavy atom. The molecular weight excluding hydrogens is 504 g/mol. The average molecular weight is 530 g/mol. The van der Waals surface area contributed by atoms with Crippen molar-refractivity contribution in [2.45, 2.75) is 27.0 Å². The molecule has 0 atom stereocenters. The number of ether oxygens (including phenoxy) is 1. The Kier molecular flexibility index (Phi) is 6.66. The number of rotatable bonds is 7. The van der Waals surface area contributed by atoms with E-state index in [-0.39, 0.29) is 0 Å². The molecule has 3 nitrogen and oxygen atoms in total. The van der Waals surface area contributed by atoms with E-state index in [1.54, 1.807) is 11.3 Å². The first-order valence-corrected chi connectivity index (χ1v) is 12.8. The molecule has 0 bridgehead atoms. The standard InChI is InChI=1S/C29H25BrN2OS/c1-19-7-13-26-28(15-19)34-29(32-26)21-8-11-25(12-9-21)31-17-23-16-24(30)10-14-27(23)33-18-22-6-4-3-5-20(22)2/h3-16,31H,17-18H2,1-2H3. The molecule has 0 radical (unpaired) electrons. The van der Waals surface area contributed by atoms with Crippen LogP contribution < -0.4 is 10.1 Å². The monoisotopic (exact) mass is 528 g/mol. The van der Waals surface area contributed by atoms with Gasteiger partial charge in [-0.1, -0.05) is 46.3 Å². The Balaban J connectivity index is 1.28. The van der Waals surface area contributed by atoms with E-state index in [0.717, 1.165) is 37.6 Å². The minimum Gasteiger partial charge on any atom is -0.489 e. The van der Waals surface area contributed by atoms with Crippen molar-refractivity contribution in [3.8, 4) is 16.3 Å². The lowest BCUT2D eigenvalue weighted by Crippen LogP contribution is -2.04. The van der Waals surface area contributed by atoms with Crippen molar-refractivity contribution in [3.63, 3.8) is 0 Å². The summed E-state index contributed by atoms with van der Waals surface area (Å²) in [6, 6.07) is 29.4. The third-order valence-electron chi connectivity index (χ3n) is 5.83. The first-order valence-electron chi connectivity index (χ1n) is 11.2. The smallest absolute Gasteiger partial charge is 0.124 e. The average Bonchev–Trinajstić information content (AvgIpc) is 3.26. The van der Waals surface area contributed by atoms with Crippen LogP contribution in [0.25, 0.3) is 20.8 Å². The van der Waals surface area contributed by atoms with Gasteiger partial charge in [-0.05, 0) is 85.1 Å². The maximum atomic E-state index is 6.19. The summed E-state index contributed by atoms with van der Waals surface area (Å²) in [6.07, 6.45) is 0. The molecule has 0 amide bonds. The molecule has 0 aliphatic carbocycles. The van der Waals surface area contributed by atoms with E-state index < -0.39 is 0 Å². The molecular formula is C29H25BrN2OS. The fourth-order valence-electron chi connectivity index (χ4n) is 3.84. The molecule has 34 heavy (non-hydrogen) atoms. The second-order valence-electron chi connectivity index (χ2n) is 8.39. The van der Waals surface area contributed by atoms with Gasteiger partial charge in [0, 0.05) is 27.8 Å². The van der Waals surface area contributed by atoms with Gasteiger partial charge in [0.1, 0.15) is 17.4 Å². The Hall–Kier alpha value is -3.15. The molecule has 0 saturated carbocycles. The molecule has 4 aromatic carbocycles. The van der Waals surface area contributed by atoms with Gasteiger partial charge in [0.25, 0.3) is 0 Å². The summed E-state index contributed by atoms with van der Waals surface area (Å²) in [6.45, 7) is 5.45. The number of anilines is 1. The molecule has 1 N–H and O–H groups in total. The van der Waals surface area contributed by atoms with Crippen LogP contribution in [0.5, 0.6) is 5.75 Å². The molecule has 0 fully saturated rings. The van der Waals surface area contributed by atoms with Gasteiger partial charge in [-0.25, -0.2) is 4.98 Å². The van der Waals surface area contributed by atoms with Gasteiger partial charge in [0.05, 0.1) is 10.2 Å². The summed E-state index contributed by atoms with van der Waals surface area (Å²) in [7, 11) is 0. The largest absolute Gasteiger partial charge is 0.489 e. The summed E-state index contributed by atoms with van der Waals surface area (Å²) in [5, 5.41) is 4.58. The van der Waals surface area contributed by atoms with Crippen LogP contribution in [0.3, 0.4) is 0 Å².